The summed E-state index contributed by atoms with van der Waals surface area (Å²) in [5.74, 6) is 0.0181. The monoisotopic (exact) mass is 293 g/mol. The molecule has 0 unspecified atom stereocenters. The van der Waals surface area contributed by atoms with Crippen molar-refractivity contribution in [3.05, 3.63) is 29.3 Å². The van der Waals surface area contributed by atoms with Gasteiger partial charge < -0.3 is 5.32 Å². The van der Waals surface area contributed by atoms with Crippen molar-refractivity contribution in [2.75, 3.05) is 38.0 Å². The molecule has 0 saturated carbocycles. The number of carbonyl (C=O) groups is 1. The standard InChI is InChI=1S/C15H20ClN3O/c16-13-5-1-2-6-14(13)17-15(20)11-18-8-9-19-7-3-4-12(19)10-18/h1-2,5-6,12H,3-4,7-11H2,(H,17,20)/t12-/m0/s1. The quantitative estimate of drug-likeness (QED) is 0.926. The van der Waals surface area contributed by atoms with Gasteiger partial charge >= 0.3 is 0 Å². The van der Waals surface area contributed by atoms with E-state index >= 15 is 0 Å². The number of piperazine rings is 1. The Bertz CT molecular complexity index is 494. The maximum Gasteiger partial charge on any atom is 0.238 e. The van der Waals surface area contributed by atoms with Crippen molar-refractivity contribution >= 4 is 23.2 Å². The number of fused-ring (bicyclic) bond motifs is 1. The van der Waals surface area contributed by atoms with Crippen LogP contribution in [-0.4, -0.2) is 54.5 Å². The van der Waals surface area contributed by atoms with Crippen molar-refractivity contribution in [2.24, 2.45) is 0 Å². The number of amides is 1. The summed E-state index contributed by atoms with van der Waals surface area (Å²) in [4.78, 5) is 16.9. The largest absolute Gasteiger partial charge is 0.324 e. The van der Waals surface area contributed by atoms with Gasteiger partial charge in [0.05, 0.1) is 17.3 Å². The van der Waals surface area contributed by atoms with Gasteiger partial charge in [0.15, 0.2) is 0 Å². The van der Waals surface area contributed by atoms with Crippen LogP contribution in [-0.2, 0) is 4.79 Å². The van der Waals surface area contributed by atoms with Crippen LogP contribution in [0, 0.1) is 0 Å². The van der Waals surface area contributed by atoms with E-state index in [1.54, 1.807) is 6.07 Å². The van der Waals surface area contributed by atoms with Gasteiger partial charge in [-0.25, -0.2) is 0 Å². The van der Waals surface area contributed by atoms with E-state index < -0.39 is 0 Å². The summed E-state index contributed by atoms with van der Waals surface area (Å²) in [7, 11) is 0. The number of hydrogen-bond acceptors (Lipinski definition) is 3. The van der Waals surface area contributed by atoms with Crippen LogP contribution in [0.25, 0.3) is 0 Å². The molecule has 5 heteroatoms. The molecule has 0 aromatic heterocycles. The van der Waals surface area contributed by atoms with Crippen molar-refractivity contribution < 1.29 is 4.79 Å². The molecule has 1 atom stereocenters. The summed E-state index contributed by atoms with van der Waals surface area (Å²) in [6, 6.07) is 8.00. The normalized spacial score (nSPS) is 23.6. The topological polar surface area (TPSA) is 35.6 Å². The predicted molar refractivity (Wildman–Crippen MR) is 81.1 cm³/mol. The number of nitrogens with one attached hydrogen (secondary N) is 1. The molecule has 20 heavy (non-hydrogen) atoms. The Kier molecular flexibility index (Phi) is 4.24. The van der Waals surface area contributed by atoms with Crippen LogP contribution in [0.15, 0.2) is 24.3 Å². The molecule has 2 aliphatic heterocycles. The number of para-hydroxylation sites is 1. The average Bonchev–Trinajstić information content (AvgIpc) is 2.89. The Morgan fingerprint density at radius 2 is 2.15 bits per heavy atom. The molecule has 3 rings (SSSR count). The minimum absolute atomic E-state index is 0.0181. The first-order valence-electron chi connectivity index (χ1n) is 7.23. The van der Waals surface area contributed by atoms with Gasteiger partial charge in [-0.15, -0.1) is 0 Å². The molecule has 2 fully saturated rings. The van der Waals surface area contributed by atoms with E-state index in [1.807, 2.05) is 18.2 Å². The number of benzene rings is 1. The fraction of sp³-hybridized carbons (Fsp3) is 0.533. The Balaban J connectivity index is 1.53. The third kappa shape index (κ3) is 3.14. The first-order valence-corrected chi connectivity index (χ1v) is 7.61. The van der Waals surface area contributed by atoms with Gasteiger partial charge in [0.25, 0.3) is 0 Å². The highest BCUT2D eigenvalue weighted by Gasteiger charge is 2.30. The van der Waals surface area contributed by atoms with Crippen LogP contribution < -0.4 is 5.32 Å². The summed E-state index contributed by atoms with van der Waals surface area (Å²) < 4.78 is 0. The summed E-state index contributed by atoms with van der Waals surface area (Å²) in [6.45, 7) is 4.76. The zero-order valence-corrected chi connectivity index (χ0v) is 12.3. The van der Waals surface area contributed by atoms with Gasteiger partial charge in [0, 0.05) is 25.7 Å². The second-order valence-electron chi connectivity index (χ2n) is 5.60. The van der Waals surface area contributed by atoms with Crippen LogP contribution in [0.3, 0.4) is 0 Å². The van der Waals surface area contributed by atoms with Crippen LogP contribution in [0.2, 0.25) is 5.02 Å². The van der Waals surface area contributed by atoms with Crippen molar-refractivity contribution in [1.29, 1.82) is 0 Å². The van der Waals surface area contributed by atoms with Crippen molar-refractivity contribution in [2.45, 2.75) is 18.9 Å². The number of halogens is 1. The highest BCUT2D eigenvalue weighted by atomic mass is 35.5. The van der Waals surface area contributed by atoms with E-state index in [2.05, 4.69) is 15.1 Å². The second-order valence-corrected chi connectivity index (χ2v) is 6.00. The molecule has 4 nitrogen and oxygen atoms in total. The minimum Gasteiger partial charge on any atom is -0.324 e. The van der Waals surface area contributed by atoms with Crippen molar-refractivity contribution in [3.8, 4) is 0 Å². The first-order chi connectivity index (χ1) is 9.72. The zero-order chi connectivity index (χ0) is 13.9. The third-order valence-corrected chi connectivity index (χ3v) is 4.52. The number of nitrogens with zero attached hydrogens (tertiary/aromatic N) is 2. The number of anilines is 1. The number of hydrogen-bond donors (Lipinski definition) is 1. The maximum absolute atomic E-state index is 12.1. The molecule has 2 saturated heterocycles. The fourth-order valence-electron chi connectivity index (χ4n) is 3.15. The molecule has 2 aliphatic rings. The van der Waals surface area contributed by atoms with Crippen molar-refractivity contribution in [1.82, 2.24) is 9.80 Å². The number of rotatable bonds is 3. The zero-order valence-electron chi connectivity index (χ0n) is 11.5. The van der Waals surface area contributed by atoms with E-state index in [0.29, 0.717) is 23.3 Å². The smallest absolute Gasteiger partial charge is 0.238 e. The lowest BCUT2D eigenvalue weighted by Crippen LogP contribution is -2.51. The Morgan fingerprint density at radius 3 is 3.00 bits per heavy atom. The molecule has 0 spiro atoms. The minimum atomic E-state index is 0.0181. The lowest BCUT2D eigenvalue weighted by molar-refractivity contribution is -0.117. The predicted octanol–water partition coefficient (Wildman–Crippen LogP) is 2.06. The molecular weight excluding hydrogens is 274 g/mol. The van der Waals surface area contributed by atoms with E-state index in [1.165, 1.54) is 19.4 Å². The van der Waals surface area contributed by atoms with Crippen LogP contribution in [0.5, 0.6) is 0 Å². The Hall–Kier alpha value is -1.10. The molecule has 1 aromatic carbocycles. The van der Waals surface area contributed by atoms with E-state index in [-0.39, 0.29) is 5.91 Å². The van der Waals surface area contributed by atoms with Gasteiger partial charge in [0.1, 0.15) is 0 Å². The first kappa shape index (κ1) is 13.9. The molecule has 108 valence electrons. The Labute approximate surface area is 124 Å². The van der Waals surface area contributed by atoms with Gasteiger partial charge in [0.2, 0.25) is 5.91 Å². The van der Waals surface area contributed by atoms with Crippen LogP contribution >= 0.6 is 11.6 Å². The third-order valence-electron chi connectivity index (χ3n) is 4.19. The van der Waals surface area contributed by atoms with Crippen LogP contribution in [0.1, 0.15) is 12.8 Å². The van der Waals surface area contributed by atoms with E-state index in [9.17, 15) is 4.79 Å². The average molecular weight is 294 g/mol. The molecule has 1 aromatic rings. The molecule has 0 bridgehead atoms. The lowest BCUT2D eigenvalue weighted by atomic mass is 10.1. The lowest BCUT2D eigenvalue weighted by Gasteiger charge is -2.37. The molecule has 0 aliphatic carbocycles. The molecule has 0 radical (unpaired) electrons. The van der Waals surface area contributed by atoms with Crippen molar-refractivity contribution in [3.63, 3.8) is 0 Å². The summed E-state index contributed by atoms with van der Waals surface area (Å²) >= 11 is 6.05. The van der Waals surface area contributed by atoms with E-state index in [4.69, 9.17) is 11.6 Å². The molecule has 2 heterocycles. The summed E-state index contributed by atoms with van der Waals surface area (Å²) in [5, 5.41) is 3.48. The van der Waals surface area contributed by atoms with Gasteiger partial charge in [-0.05, 0) is 31.5 Å². The van der Waals surface area contributed by atoms with E-state index in [0.717, 1.165) is 19.6 Å². The summed E-state index contributed by atoms with van der Waals surface area (Å²) in [6.07, 6.45) is 2.56. The highest BCUT2D eigenvalue weighted by Crippen LogP contribution is 2.22. The van der Waals surface area contributed by atoms with Gasteiger partial charge in [-0.2, -0.15) is 0 Å². The molecule has 1 amide bonds. The number of carbonyl (C=O) groups excluding carboxylic acids is 1. The second kappa shape index (κ2) is 6.12. The van der Waals surface area contributed by atoms with Gasteiger partial charge in [-0.3, -0.25) is 14.6 Å². The Morgan fingerprint density at radius 1 is 1.30 bits per heavy atom. The summed E-state index contributed by atoms with van der Waals surface area (Å²) in [5.41, 5.74) is 0.693. The fourth-order valence-corrected chi connectivity index (χ4v) is 3.34. The molecular formula is C15H20ClN3O. The highest BCUT2D eigenvalue weighted by molar-refractivity contribution is 6.33. The van der Waals surface area contributed by atoms with Crippen LogP contribution in [0.4, 0.5) is 5.69 Å². The van der Waals surface area contributed by atoms with Gasteiger partial charge in [-0.1, -0.05) is 23.7 Å². The maximum atomic E-state index is 12.1. The molecule has 1 N–H and O–H groups in total. The SMILES string of the molecule is O=C(CN1CCN2CCC[C@H]2C1)Nc1ccccc1Cl.